The van der Waals surface area contributed by atoms with E-state index in [4.69, 9.17) is 11.6 Å². The highest BCUT2D eigenvalue weighted by Gasteiger charge is 2.31. The average molecular weight is 511 g/mol. The van der Waals surface area contributed by atoms with Crippen molar-refractivity contribution in [1.82, 2.24) is 4.31 Å². The van der Waals surface area contributed by atoms with Gasteiger partial charge in [0.1, 0.15) is 0 Å². The largest absolute Gasteiger partial charge is 0.321 e. The predicted octanol–water partition coefficient (Wildman–Crippen LogP) is 5.49. The molecule has 3 aromatic carbocycles. The lowest BCUT2D eigenvalue weighted by Crippen LogP contribution is -2.42. The molecule has 0 aromatic heterocycles. The molecule has 3 aromatic rings. The molecule has 0 bridgehead atoms. The Labute approximate surface area is 211 Å². The van der Waals surface area contributed by atoms with Gasteiger partial charge in [0.25, 0.3) is 5.91 Å². The Hall–Kier alpha value is -3.00. The van der Waals surface area contributed by atoms with Crippen molar-refractivity contribution < 1.29 is 18.0 Å². The summed E-state index contributed by atoms with van der Waals surface area (Å²) in [7, 11) is -3.64. The summed E-state index contributed by atoms with van der Waals surface area (Å²) in [6, 6.07) is 19.3. The molecule has 1 heterocycles. The van der Waals surface area contributed by atoms with Crippen LogP contribution in [0.2, 0.25) is 5.02 Å². The minimum Gasteiger partial charge on any atom is -0.321 e. The van der Waals surface area contributed by atoms with E-state index in [0.29, 0.717) is 41.2 Å². The third kappa shape index (κ3) is 5.64. The molecule has 1 amide bonds. The van der Waals surface area contributed by atoms with Gasteiger partial charge in [-0.3, -0.25) is 9.59 Å². The number of piperidine rings is 1. The van der Waals surface area contributed by atoms with E-state index in [9.17, 15) is 18.0 Å². The molecule has 0 aliphatic carbocycles. The first kappa shape index (κ1) is 25.1. The Balaban J connectivity index is 1.54. The molecule has 1 N–H and O–H groups in total. The summed E-state index contributed by atoms with van der Waals surface area (Å²) < 4.78 is 27.7. The van der Waals surface area contributed by atoms with Gasteiger partial charge in [-0.25, -0.2) is 8.42 Å². The average Bonchev–Trinajstić information content (AvgIpc) is 2.84. The van der Waals surface area contributed by atoms with Gasteiger partial charge >= 0.3 is 0 Å². The number of anilines is 1. The number of amides is 1. The van der Waals surface area contributed by atoms with Crippen molar-refractivity contribution in [1.29, 1.82) is 0 Å². The van der Waals surface area contributed by atoms with Gasteiger partial charge in [-0.05, 0) is 60.7 Å². The molecule has 182 valence electrons. The number of carbonyl (C=O) groups excluding carboxylic acids is 2. The van der Waals surface area contributed by atoms with Crippen LogP contribution in [0.3, 0.4) is 0 Å². The number of nitrogens with one attached hydrogen (secondary N) is 1. The van der Waals surface area contributed by atoms with Gasteiger partial charge in [0.05, 0.1) is 10.6 Å². The van der Waals surface area contributed by atoms with E-state index < -0.39 is 15.9 Å². The highest BCUT2D eigenvalue weighted by molar-refractivity contribution is 7.89. The van der Waals surface area contributed by atoms with Crippen LogP contribution in [-0.2, 0) is 10.0 Å². The molecular weight excluding hydrogens is 484 g/mol. The van der Waals surface area contributed by atoms with Crippen LogP contribution in [0.25, 0.3) is 0 Å². The molecule has 0 spiro atoms. The Morgan fingerprint density at radius 3 is 2.14 bits per heavy atom. The molecule has 4 rings (SSSR count). The minimum absolute atomic E-state index is 0.154. The summed E-state index contributed by atoms with van der Waals surface area (Å²) in [6.45, 7) is 5.09. The molecule has 8 heteroatoms. The Morgan fingerprint density at radius 1 is 0.886 bits per heavy atom. The van der Waals surface area contributed by atoms with E-state index in [1.807, 2.05) is 6.07 Å². The van der Waals surface area contributed by atoms with Crippen molar-refractivity contribution in [3.63, 3.8) is 0 Å². The molecule has 0 unspecified atom stereocenters. The van der Waals surface area contributed by atoms with Crippen molar-refractivity contribution >= 4 is 39.0 Å². The van der Waals surface area contributed by atoms with Gasteiger partial charge in [0, 0.05) is 34.8 Å². The lowest BCUT2D eigenvalue weighted by molar-refractivity contribution is 0.102. The maximum atomic E-state index is 13.1. The van der Waals surface area contributed by atoms with E-state index >= 15 is 0 Å². The van der Waals surface area contributed by atoms with Crippen LogP contribution in [0.5, 0.6) is 0 Å². The fraction of sp³-hybridized carbons (Fsp3) is 0.259. The third-order valence-corrected chi connectivity index (χ3v) is 8.18. The topological polar surface area (TPSA) is 83.6 Å². The summed E-state index contributed by atoms with van der Waals surface area (Å²) in [6.07, 6.45) is 1.00. The van der Waals surface area contributed by atoms with Crippen molar-refractivity contribution in [2.45, 2.75) is 25.2 Å². The second-order valence-corrected chi connectivity index (χ2v) is 11.5. The van der Waals surface area contributed by atoms with Gasteiger partial charge in [-0.15, -0.1) is 0 Å². The Bertz CT molecular complexity index is 1330. The molecule has 1 fully saturated rings. The highest BCUT2D eigenvalue weighted by Crippen LogP contribution is 2.28. The number of benzene rings is 3. The van der Waals surface area contributed by atoms with Gasteiger partial charge in [-0.2, -0.15) is 4.31 Å². The first-order valence-electron chi connectivity index (χ1n) is 11.5. The minimum atomic E-state index is -3.64. The number of carbonyl (C=O) groups is 2. The quantitative estimate of drug-likeness (QED) is 0.444. The Kier molecular flexibility index (Phi) is 7.40. The summed E-state index contributed by atoms with van der Waals surface area (Å²) in [5, 5.41) is 3.13. The van der Waals surface area contributed by atoms with Gasteiger partial charge in [0.15, 0.2) is 5.78 Å². The number of rotatable bonds is 6. The van der Waals surface area contributed by atoms with E-state index in [1.54, 1.807) is 36.4 Å². The van der Waals surface area contributed by atoms with Crippen molar-refractivity contribution in [3.8, 4) is 0 Å². The van der Waals surface area contributed by atoms with Crippen LogP contribution in [-0.4, -0.2) is 37.5 Å². The summed E-state index contributed by atoms with van der Waals surface area (Å²) in [5.74, 6) is -0.134. The molecule has 6 nitrogen and oxygen atoms in total. The summed E-state index contributed by atoms with van der Waals surface area (Å²) in [4.78, 5) is 26.1. The van der Waals surface area contributed by atoms with Gasteiger partial charge in [0.2, 0.25) is 10.0 Å². The van der Waals surface area contributed by atoms with Crippen LogP contribution in [0, 0.1) is 11.8 Å². The zero-order valence-corrected chi connectivity index (χ0v) is 21.1. The Morgan fingerprint density at radius 2 is 1.51 bits per heavy atom. The van der Waals surface area contributed by atoms with Crippen LogP contribution < -0.4 is 5.32 Å². The van der Waals surface area contributed by atoms with Crippen LogP contribution in [0.4, 0.5) is 5.69 Å². The number of hydrogen-bond acceptors (Lipinski definition) is 4. The molecule has 2 atom stereocenters. The normalized spacial score (nSPS) is 18.7. The molecule has 0 radical (unpaired) electrons. The lowest BCUT2D eigenvalue weighted by atomic mass is 9.94. The van der Waals surface area contributed by atoms with E-state index in [2.05, 4.69) is 19.2 Å². The fourth-order valence-corrected chi connectivity index (χ4v) is 6.33. The second-order valence-electron chi connectivity index (χ2n) is 9.13. The third-order valence-electron chi connectivity index (χ3n) is 6.10. The standard InChI is InChI=1S/C27H27ClN2O4S/c1-18-14-19(2)17-30(16-18)35(33,34)23-11-8-21(9-12-23)27(32)29-25-13-10-22(28)15-24(25)26(31)20-6-4-3-5-7-20/h3-13,15,18-19H,14,16-17H2,1-2H3,(H,29,32)/t18-,19+. The van der Waals surface area contributed by atoms with E-state index in [1.165, 1.54) is 34.6 Å². The smallest absolute Gasteiger partial charge is 0.255 e. The van der Waals surface area contributed by atoms with Crippen molar-refractivity contribution in [2.75, 3.05) is 18.4 Å². The predicted molar refractivity (Wildman–Crippen MR) is 137 cm³/mol. The SMILES string of the molecule is C[C@@H]1C[C@H](C)CN(S(=O)(=O)c2ccc(C(=O)Nc3ccc(Cl)cc3C(=O)c3ccccc3)cc2)C1. The molecular formula is C27H27ClN2O4S. The second kappa shape index (κ2) is 10.3. The molecule has 35 heavy (non-hydrogen) atoms. The van der Waals surface area contributed by atoms with Crippen molar-refractivity contribution in [3.05, 3.63) is 94.5 Å². The first-order chi connectivity index (χ1) is 16.6. The van der Waals surface area contributed by atoms with E-state index in [-0.39, 0.29) is 21.8 Å². The number of ketones is 1. The monoisotopic (exact) mass is 510 g/mol. The lowest BCUT2D eigenvalue weighted by Gasteiger charge is -2.34. The number of halogens is 1. The van der Waals surface area contributed by atoms with Gasteiger partial charge in [-0.1, -0.05) is 55.8 Å². The number of sulfonamides is 1. The zero-order valence-electron chi connectivity index (χ0n) is 19.6. The first-order valence-corrected chi connectivity index (χ1v) is 13.3. The number of hydrogen-bond donors (Lipinski definition) is 1. The molecule has 0 saturated carbocycles. The number of nitrogens with zero attached hydrogens (tertiary/aromatic N) is 1. The molecule has 1 saturated heterocycles. The summed E-state index contributed by atoms with van der Waals surface area (Å²) >= 11 is 6.12. The maximum Gasteiger partial charge on any atom is 0.255 e. The zero-order chi connectivity index (χ0) is 25.2. The highest BCUT2D eigenvalue weighted by atomic mass is 35.5. The maximum absolute atomic E-state index is 13.1. The van der Waals surface area contributed by atoms with Gasteiger partial charge < -0.3 is 5.32 Å². The van der Waals surface area contributed by atoms with Crippen LogP contribution >= 0.6 is 11.6 Å². The van der Waals surface area contributed by atoms with Crippen LogP contribution in [0.1, 0.15) is 46.5 Å². The molecule has 1 aliphatic rings. The summed E-state index contributed by atoms with van der Waals surface area (Å²) in [5.41, 5.74) is 1.34. The fourth-order valence-electron chi connectivity index (χ4n) is 4.48. The van der Waals surface area contributed by atoms with Crippen LogP contribution in [0.15, 0.2) is 77.7 Å². The van der Waals surface area contributed by atoms with Crippen molar-refractivity contribution in [2.24, 2.45) is 11.8 Å². The molecule has 1 aliphatic heterocycles. The van der Waals surface area contributed by atoms with E-state index in [0.717, 1.165) is 6.42 Å².